The Bertz CT molecular complexity index is 1230. The topological polar surface area (TPSA) is 59.7 Å². The molecule has 0 saturated carbocycles. The van der Waals surface area contributed by atoms with Crippen LogP contribution in [0.3, 0.4) is 0 Å². The minimum atomic E-state index is -0.0285. The summed E-state index contributed by atoms with van der Waals surface area (Å²) in [6.07, 6.45) is 7.79. The number of imidazole rings is 1. The number of amides is 1. The summed E-state index contributed by atoms with van der Waals surface area (Å²) in [7, 11) is 0. The first-order valence-electron chi connectivity index (χ1n) is 10.3. The Morgan fingerprint density at radius 1 is 1.10 bits per heavy atom. The molecule has 1 amide bonds. The highest BCUT2D eigenvalue weighted by atomic mass is 16.5. The van der Waals surface area contributed by atoms with E-state index in [2.05, 4.69) is 16.0 Å². The van der Waals surface area contributed by atoms with Crippen LogP contribution in [0.15, 0.2) is 85.8 Å². The van der Waals surface area contributed by atoms with Gasteiger partial charge in [-0.1, -0.05) is 24.8 Å². The fourth-order valence-corrected chi connectivity index (χ4v) is 4.07. The van der Waals surface area contributed by atoms with Crippen molar-refractivity contribution in [2.45, 2.75) is 12.3 Å². The molecule has 4 aromatic rings. The molecule has 31 heavy (non-hydrogen) atoms. The molecule has 1 saturated heterocycles. The summed E-state index contributed by atoms with van der Waals surface area (Å²) < 4.78 is 7.99. The van der Waals surface area contributed by atoms with Gasteiger partial charge in [0.05, 0.1) is 17.4 Å². The number of para-hydroxylation sites is 1. The van der Waals surface area contributed by atoms with E-state index in [0.717, 1.165) is 47.1 Å². The first-order chi connectivity index (χ1) is 15.2. The first kappa shape index (κ1) is 19.1. The number of benzene rings is 2. The lowest BCUT2D eigenvalue weighted by atomic mass is 10.1. The van der Waals surface area contributed by atoms with Crippen LogP contribution in [-0.4, -0.2) is 38.3 Å². The van der Waals surface area contributed by atoms with Gasteiger partial charge in [0.25, 0.3) is 0 Å². The molecule has 2 aromatic carbocycles. The molecule has 1 unspecified atom stereocenters. The van der Waals surface area contributed by atoms with Crippen LogP contribution in [0.25, 0.3) is 16.8 Å². The van der Waals surface area contributed by atoms with Crippen molar-refractivity contribution in [1.29, 1.82) is 0 Å². The van der Waals surface area contributed by atoms with Crippen LogP contribution in [0.4, 0.5) is 0 Å². The summed E-state index contributed by atoms with van der Waals surface area (Å²) in [6.45, 7) is 4.97. The van der Waals surface area contributed by atoms with Crippen molar-refractivity contribution in [3.8, 4) is 22.8 Å². The van der Waals surface area contributed by atoms with E-state index in [9.17, 15) is 4.79 Å². The molecule has 0 bridgehead atoms. The van der Waals surface area contributed by atoms with Crippen molar-refractivity contribution in [2.75, 3.05) is 13.1 Å². The summed E-state index contributed by atoms with van der Waals surface area (Å²) in [5.74, 6) is 2.67. The SMILES string of the molecule is C=CC(=O)N1CCC(c2nc(-c3ccc(Oc4ccccc4)cc3)c3cnccn23)C1. The second kappa shape index (κ2) is 8.07. The summed E-state index contributed by atoms with van der Waals surface area (Å²) in [4.78, 5) is 23.1. The molecule has 3 heterocycles. The molecular formula is C25H22N4O2. The average Bonchev–Trinajstić information content (AvgIpc) is 3.45. The van der Waals surface area contributed by atoms with Crippen molar-refractivity contribution < 1.29 is 9.53 Å². The van der Waals surface area contributed by atoms with Crippen molar-refractivity contribution in [1.82, 2.24) is 19.3 Å². The Morgan fingerprint density at radius 2 is 1.87 bits per heavy atom. The lowest BCUT2D eigenvalue weighted by molar-refractivity contribution is -0.125. The maximum Gasteiger partial charge on any atom is 0.245 e. The van der Waals surface area contributed by atoms with E-state index < -0.39 is 0 Å². The van der Waals surface area contributed by atoms with Gasteiger partial charge in [-0.2, -0.15) is 0 Å². The Hall–Kier alpha value is -3.93. The molecule has 6 heteroatoms. The molecule has 1 fully saturated rings. The van der Waals surface area contributed by atoms with E-state index >= 15 is 0 Å². The number of carbonyl (C=O) groups excluding carboxylic acids is 1. The van der Waals surface area contributed by atoms with Gasteiger partial charge in [-0.15, -0.1) is 0 Å². The summed E-state index contributed by atoms with van der Waals surface area (Å²) >= 11 is 0. The maximum atomic E-state index is 12.0. The lowest BCUT2D eigenvalue weighted by Gasteiger charge is -2.13. The third-order valence-corrected chi connectivity index (χ3v) is 5.62. The molecule has 6 nitrogen and oxygen atoms in total. The number of carbonyl (C=O) groups is 1. The van der Waals surface area contributed by atoms with Gasteiger partial charge < -0.3 is 9.64 Å². The van der Waals surface area contributed by atoms with Crippen LogP contribution in [0.5, 0.6) is 11.5 Å². The number of nitrogens with zero attached hydrogens (tertiary/aromatic N) is 4. The number of aromatic nitrogens is 3. The van der Waals surface area contributed by atoms with Gasteiger partial charge in [0.2, 0.25) is 5.91 Å². The van der Waals surface area contributed by atoms with Gasteiger partial charge in [-0.05, 0) is 48.9 Å². The molecule has 154 valence electrons. The smallest absolute Gasteiger partial charge is 0.245 e. The van der Waals surface area contributed by atoms with Crippen LogP contribution in [0, 0.1) is 0 Å². The quantitative estimate of drug-likeness (QED) is 0.448. The number of hydrogen-bond acceptors (Lipinski definition) is 4. The minimum Gasteiger partial charge on any atom is -0.457 e. The number of rotatable bonds is 5. The zero-order chi connectivity index (χ0) is 21.2. The molecule has 1 aliphatic rings. The third kappa shape index (κ3) is 3.68. The molecule has 0 spiro atoms. The zero-order valence-electron chi connectivity index (χ0n) is 17.0. The normalized spacial score (nSPS) is 15.9. The second-order valence-electron chi connectivity index (χ2n) is 7.56. The van der Waals surface area contributed by atoms with Crippen LogP contribution in [0.1, 0.15) is 18.2 Å². The van der Waals surface area contributed by atoms with E-state index in [1.165, 1.54) is 6.08 Å². The molecule has 1 atom stereocenters. The average molecular weight is 410 g/mol. The Balaban J connectivity index is 1.45. The zero-order valence-corrected chi connectivity index (χ0v) is 17.0. The van der Waals surface area contributed by atoms with E-state index in [4.69, 9.17) is 9.72 Å². The molecular weight excluding hydrogens is 388 g/mol. The highest BCUT2D eigenvalue weighted by molar-refractivity contribution is 5.87. The third-order valence-electron chi connectivity index (χ3n) is 5.62. The Kier molecular flexibility index (Phi) is 4.96. The highest BCUT2D eigenvalue weighted by Gasteiger charge is 2.30. The summed E-state index contributed by atoms with van der Waals surface area (Å²) in [5, 5.41) is 0. The molecule has 2 aromatic heterocycles. The van der Waals surface area contributed by atoms with E-state index in [-0.39, 0.29) is 11.8 Å². The largest absolute Gasteiger partial charge is 0.457 e. The number of likely N-dealkylation sites (tertiary alicyclic amines) is 1. The van der Waals surface area contributed by atoms with Crippen LogP contribution >= 0.6 is 0 Å². The maximum absolute atomic E-state index is 12.0. The van der Waals surface area contributed by atoms with E-state index in [1.807, 2.05) is 71.9 Å². The van der Waals surface area contributed by atoms with Gasteiger partial charge >= 0.3 is 0 Å². The second-order valence-corrected chi connectivity index (χ2v) is 7.56. The molecule has 0 N–H and O–H groups in total. The highest BCUT2D eigenvalue weighted by Crippen LogP contribution is 2.33. The predicted octanol–water partition coefficient (Wildman–Crippen LogP) is 4.69. The van der Waals surface area contributed by atoms with E-state index in [1.54, 1.807) is 6.20 Å². The van der Waals surface area contributed by atoms with Crippen LogP contribution in [0.2, 0.25) is 0 Å². The number of ether oxygens (including phenoxy) is 1. The molecule has 0 radical (unpaired) electrons. The monoisotopic (exact) mass is 410 g/mol. The van der Waals surface area contributed by atoms with Crippen molar-refractivity contribution in [2.24, 2.45) is 0 Å². The lowest BCUT2D eigenvalue weighted by Crippen LogP contribution is -2.26. The van der Waals surface area contributed by atoms with Gasteiger partial charge in [0.15, 0.2) is 0 Å². The van der Waals surface area contributed by atoms with E-state index in [0.29, 0.717) is 6.54 Å². The van der Waals surface area contributed by atoms with Gasteiger partial charge in [0, 0.05) is 37.0 Å². The van der Waals surface area contributed by atoms with Gasteiger partial charge in [0.1, 0.15) is 17.3 Å². The summed E-state index contributed by atoms with van der Waals surface area (Å²) in [6, 6.07) is 17.6. The Labute approximate surface area is 180 Å². The van der Waals surface area contributed by atoms with Crippen LogP contribution in [-0.2, 0) is 4.79 Å². The van der Waals surface area contributed by atoms with Crippen LogP contribution < -0.4 is 4.74 Å². The Morgan fingerprint density at radius 3 is 2.65 bits per heavy atom. The number of fused-ring (bicyclic) bond motifs is 1. The van der Waals surface area contributed by atoms with Gasteiger partial charge in [-0.3, -0.25) is 14.2 Å². The fraction of sp³-hybridized carbons (Fsp3) is 0.160. The predicted molar refractivity (Wildman–Crippen MR) is 119 cm³/mol. The molecule has 5 rings (SSSR count). The fourth-order valence-electron chi connectivity index (χ4n) is 4.07. The van der Waals surface area contributed by atoms with Crippen molar-refractivity contribution >= 4 is 11.4 Å². The molecule has 0 aliphatic carbocycles. The van der Waals surface area contributed by atoms with Gasteiger partial charge in [-0.25, -0.2) is 4.98 Å². The van der Waals surface area contributed by atoms with Crippen molar-refractivity contribution in [3.63, 3.8) is 0 Å². The standard InChI is InChI=1S/C25H22N4O2/c1-2-23(30)28-14-12-19(17-28)25-27-24(22-16-26-13-15-29(22)25)18-8-10-21(11-9-18)31-20-6-4-3-5-7-20/h2-11,13,15-16,19H,1,12,14,17H2. The first-order valence-corrected chi connectivity index (χ1v) is 10.3. The minimum absolute atomic E-state index is 0.0285. The molecule has 1 aliphatic heterocycles. The number of hydrogen-bond donors (Lipinski definition) is 0. The van der Waals surface area contributed by atoms with Crippen molar-refractivity contribution in [3.05, 3.63) is 91.7 Å². The summed E-state index contributed by atoms with van der Waals surface area (Å²) in [5.41, 5.74) is 2.82.